The standard InChI is InChI=1S/C21H23N3O3S2/c1-13-12-18(24-20(25)15-7-5-11-27-15)29-19(13)21(26)22-10-4-9-17-23-14-6-2-3-8-16(14)28-17/h5,7,11-12H,2-4,6,8-10H2,1H3,(H,22,26)(H,24,25). The minimum absolute atomic E-state index is 0.107. The molecule has 0 spiro atoms. The molecule has 0 fully saturated rings. The molecule has 0 aromatic carbocycles. The van der Waals surface area contributed by atoms with Crippen LogP contribution in [0.2, 0.25) is 0 Å². The maximum atomic E-state index is 12.5. The average Bonchev–Trinajstić information content (AvgIpc) is 3.44. The minimum atomic E-state index is -0.325. The Labute approximate surface area is 177 Å². The highest BCUT2D eigenvalue weighted by Crippen LogP contribution is 2.28. The third kappa shape index (κ3) is 4.76. The molecular weight excluding hydrogens is 406 g/mol. The third-order valence-electron chi connectivity index (χ3n) is 4.85. The zero-order valence-corrected chi connectivity index (χ0v) is 17.9. The number of nitrogens with one attached hydrogen (secondary N) is 2. The van der Waals surface area contributed by atoms with Crippen molar-refractivity contribution in [1.29, 1.82) is 0 Å². The van der Waals surface area contributed by atoms with Crippen LogP contribution in [0, 0.1) is 6.92 Å². The Morgan fingerprint density at radius 2 is 2.07 bits per heavy atom. The quantitative estimate of drug-likeness (QED) is 0.538. The summed E-state index contributed by atoms with van der Waals surface area (Å²) in [5, 5.41) is 7.56. The number of thiazole rings is 1. The minimum Gasteiger partial charge on any atom is -0.459 e. The number of hydrogen-bond acceptors (Lipinski definition) is 6. The number of hydrogen-bond donors (Lipinski definition) is 2. The molecule has 152 valence electrons. The molecule has 3 heterocycles. The van der Waals surface area contributed by atoms with E-state index in [0.29, 0.717) is 16.4 Å². The number of nitrogens with zero attached hydrogens (tertiary/aromatic N) is 1. The van der Waals surface area contributed by atoms with E-state index in [-0.39, 0.29) is 17.6 Å². The van der Waals surface area contributed by atoms with Gasteiger partial charge in [0.25, 0.3) is 11.8 Å². The monoisotopic (exact) mass is 429 g/mol. The van der Waals surface area contributed by atoms with Crippen molar-refractivity contribution in [2.24, 2.45) is 0 Å². The highest BCUT2D eigenvalue weighted by atomic mass is 32.1. The molecule has 0 aliphatic heterocycles. The lowest BCUT2D eigenvalue weighted by Gasteiger charge is -2.06. The van der Waals surface area contributed by atoms with Crippen LogP contribution in [0.5, 0.6) is 0 Å². The second kappa shape index (κ2) is 8.92. The number of aryl methyl sites for hydroxylation is 4. The number of carbonyl (C=O) groups excluding carboxylic acids is 2. The summed E-state index contributed by atoms with van der Waals surface area (Å²) in [7, 11) is 0. The molecule has 3 aromatic heterocycles. The first-order valence-electron chi connectivity index (χ1n) is 9.81. The SMILES string of the molecule is Cc1cc(NC(=O)c2ccco2)sc1C(=O)NCCCc1nc2c(s1)CCCC2. The van der Waals surface area contributed by atoms with Crippen LogP contribution in [0.25, 0.3) is 0 Å². The summed E-state index contributed by atoms with van der Waals surface area (Å²) in [4.78, 5) is 31.4. The van der Waals surface area contributed by atoms with Gasteiger partial charge >= 0.3 is 0 Å². The first-order chi connectivity index (χ1) is 14.1. The topological polar surface area (TPSA) is 84.2 Å². The average molecular weight is 430 g/mol. The van der Waals surface area contributed by atoms with E-state index in [1.165, 1.54) is 52.4 Å². The number of fused-ring (bicyclic) bond motifs is 1. The Balaban J connectivity index is 1.27. The third-order valence-corrected chi connectivity index (χ3v) is 7.22. The molecule has 3 aromatic rings. The molecule has 0 bridgehead atoms. The summed E-state index contributed by atoms with van der Waals surface area (Å²) >= 11 is 3.10. The van der Waals surface area contributed by atoms with Gasteiger partial charge in [-0.1, -0.05) is 0 Å². The van der Waals surface area contributed by atoms with Crippen LogP contribution in [-0.4, -0.2) is 23.3 Å². The summed E-state index contributed by atoms with van der Waals surface area (Å²) < 4.78 is 5.09. The van der Waals surface area contributed by atoms with Crippen LogP contribution in [0.4, 0.5) is 5.00 Å². The lowest BCUT2D eigenvalue weighted by atomic mass is 10.0. The zero-order chi connectivity index (χ0) is 20.2. The second-order valence-corrected chi connectivity index (χ2v) is 9.32. The summed E-state index contributed by atoms with van der Waals surface area (Å²) in [6.45, 7) is 2.47. The number of carbonyl (C=O) groups is 2. The van der Waals surface area contributed by atoms with Crippen molar-refractivity contribution in [1.82, 2.24) is 10.3 Å². The first kappa shape index (κ1) is 19.8. The molecule has 29 heavy (non-hydrogen) atoms. The molecule has 6 nitrogen and oxygen atoms in total. The van der Waals surface area contributed by atoms with E-state index >= 15 is 0 Å². The summed E-state index contributed by atoms with van der Waals surface area (Å²) in [6, 6.07) is 5.07. The van der Waals surface area contributed by atoms with Crippen molar-refractivity contribution >= 4 is 39.5 Å². The van der Waals surface area contributed by atoms with Gasteiger partial charge in [-0.25, -0.2) is 4.98 Å². The lowest BCUT2D eigenvalue weighted by Crippen LogP contribution is -2.24. The molecule has 2 N–H and O–H groups in total. The normalized spacial score (nSPS) is 13.1. The Hall–Kier alpha value is -2.45. The van der Waals surface area contributed by atoms with E-state index in [9.17, 15) is 9.59 Å². The molecule has 2 amide bonds. The molecule has 1 aliphatic carbocycles. The number of thiophene rings is 1. The van der Waals surface area contributed by atoms with Gasteiger partial charge in [-0.15, -0.1) is 22.7 Å². The molecule has 4 rings (SSSR count). The van der Waals surface area contributed by atoms with Gasteiger partial charge in [-0.2, -0.15) is 0 Å². The highest BCUT2D eigenvalue weighted by Gasteiger charge is 2.17. The van der Waals surface area contributed by atoms with Gasteiger partial charge in [-0.3, -0.25) is 9.59 Å². The second-order valence-electron chi connectivity index (χ2n) is 7.10. The van der Waals surface area contributed by atoms with Crippen molar-refractivity contribution in [3.63, 3.8) is 0 Å². The van der Waals surface area contributed by atoms with E-state index < -0.39 is 0 Å². The van der Waals surface area contributed by atoms with Crippen LogP contribution >= 0.6 is 22.7 Å². The molecule has 0 atom stereocenters. The smallest absolute Gasteiger partial charge is 0.291 e. The predicted octanol–water partition coefficient (Wildman–Crippen LogP) is 4.60. The summed E-state index contributed by atoms with van der Waals surface area (Å²) in [5.74, 6) is -0.190. The lowest BCUT2D eigenvalue weighted by molar-refractivity contribution is 0.0955. The number of furan rings is 1. The molecule has 0 radical (unpaired) electrons. The molecule has 0 unspecified atom stereocenters. The van der Waals surface area contributed by atoms with Crippen LogP contribution in [0.3, 0.4) is 0 Å². The van der Waals surface area contributed by atoms with Crippen LogP contribution in [-0.2, 0) is 19.3 Å². The fourth-order valence-corrected chi connectivity index (χ4v) is 5.57. The van der Waals surface area contributed by atoms with Crippen molar-refractivity contribution in [2.45, 2.75) is 45.4 Å². The number of anilines is 1. The number of aromatic nitrogens is 1. The predicted molar refractivity (Wildman–Crippen MR) is 115 cm³/mol. The summed E-state index contributed by atoms with van der Waals surface area (Å²) in [6.07, 6.45) is 8.01. The maximum Gasteiger partial charge on any atom is 0.291 e. The Morgan fingerprint density at radius 1 is 1.21 bits per heavy atom. The van der Waals surface area contributed by atoms with Gasteiger partial charge in [0.05, 0.1) is 26.8 Å². The van der Waals surface area contributed by atoms with Gasteiger partial charge in [0.15, 0.2) is 5.76 Å². The number of amides is 2. The van der Waals surface area contributed by atoms with Crippen LogP contribution in [0.1, 0.15) is 60.6 Å². The van der Waals surface area contributed by atoms with E-state index in [0.717, 1.165) is 24.8 Å². The van der Waals surface area contributed by atoms with Crippen LogP contribution < -0.4 is 10.6 Å². The Morgan fingerprint density at radius 3 is 2.86 bits per heavy atom. The van der Waals surface area contributed by atoms with E-state index in [4.69, 9.17) is 9.40 Å². The number of rotatable bonds is 7. The fourth-order valence-electron chi connectivity index (χ4n) is 3.38. The highest BCUT2D eigenvalue weighted by molar-refractivity contribution is 7.18. The van der Waals surface area contributed by atoms with Crippen molar-refractivity contribution in [3.05, 3.63) is 56.2 Å². The largest absolute Gasteiger partial charge is 0.459 e. The van der Waals surface area contributed by atoms with Crippen LogP contribution in [0.15, 0.2) is 28.9 Å². The molecule has 1 aliphatic rings. The Bertz CT molecular complexity index is 981. The summed E-state index contributed by atoms with van der Waals surface area (Å²) in [5.41, 5.74) is 2.13. The van der Waals surface area contributed by atoms with Gasteiger partial charge < -0.3 is 15.1 Å². The van der Waals surface area contributed by atoms with Crippen molar-refractivity contribution in [3.8, 4) is 0 Å². The van der Waals surface area contributed by atoms with Crippen molar-refractivity contribution in [2.75, 3.05) is 11.9 Å². The zero-order valence-electron chi connectivity index (χ0n) is 16.2. The van der Waals surface area contributed by atoms with Gasteiger partial charge in [0.2, 0.25) is 0 Å². The molecule has 8 heteroatoms. The van der Waals surface area contributed by atoms with E-state index in [2.05, 4.69) is 10.6 Å². The Kier molecular flexibility index (Phi) is 6.10. The molecular formula is C21H23N3O3S2. The van der Waals surface area contributed by atoms with Crippen molar-refractivity contribution < 1.29 is 14.0 Å². The molecule has 0 saturated carbocycles. The maximum absolute atomic E-state index is 12.5. The molecule has 0 saturated heterocycles. The van der Waals surface area contributed by atoms with E-state index in [1.807, 2.05) is 18.3 Å². The first-order valence-corrected chi connectivity index (χ1v) is 11.4. The van der Waals surface area contributed by atoms with Gasteiger partial charge in [-0.05, 0) is 62.8 Å². The fraction of sp³-hybridized carbons (Fsp3) is 0.381. The van der Waals surface area contributed by atoms with Gasteiger partial charge in [0.1, 0.15) is 0 Å². The van der Waals surface area contributed by atoms with E-state index in [1.54, 1.807) is 18.2 Å². The van der Waals surface area contributed by atoms with Gasteiger partial charge in [0, 0.05) is 17.8 Å².